The maximum Gasteiger partial charge on any atom is 0.269 e. The molecule has 0 fully saturated rings. The minimum absolute atomic E-state index is 0.108. The van der Waals surface area contributed by atoms with Gasteiger partial charge in [-0.1, -0.05) is 18.2 Å². The van der Waals surface area contributed by atoms with Crippen LogP contribution in [0.1, 0.15) is 11.4 Å². The molecule has 0 aliphatic carbocycles. The summed E-state index contributed by atoms with van der Waals surface area (Å²) in [5, 5.41) is 10.2. The molecule has 19 heavy (non-hydrogen) atoms. The number of alkyl halides is 1. The molecule has 6 heteroatoms. The summed E-state index contributed by atoms with van der Waals surface area (Å²) in [6.45, 7) is 0. The van der Waals surface area contributed by atoms with Crippen LogP contribution in [0, 0.1) is 5.41 Å². The fourth-order valence-corrected chi connectivity index (χ4v) is 2.01. The maximum absolute atomic E-state index is 12.4. The van der Waals surface area contributed by atoms with E-state index < -0.39 is 0 Å². The van der Waals surface area contributed by atoms with Crippen molar-refractivity contribution in [2.45, 2.75) is 5.88 Å². The quantitative estimate of drug-likeness (QED) is 0.663. The fraction of sp³-hybridized carbons (Fsp3) is 0.154. The molecule has 1 aromatic carbocycles. The van der Waals surface area contributed by atoms with E-state index in [4.69, 9.17) is 17.0 Å². The second-order valence-corrected chi connectivity index (χ2v) is 4.06. The van der Waals surface area contributed by atoms with Gasteiger partial charge in [-0.25, -0.2) is 4.98 Å². The van der Waals surface area contributed by atoms with Gasteiger partial charge in [-0.3, -0.25) is 9.36 Å². The molecule has 0 unspecified atom stereocenters. The molecule has 0 saturated heterocycles. The van der Waals surface area contributed by atoms with Gasteiger partial charge in [-0.2, -0.15) is 0 Å². The first-order chi connectivity index (χ1) is 9.22. The highest BCUT2D eigenvalue weighted by molar-refractivity contribution is 6.16. The van der Waals surface area contributed by atoms with E-state index in [1.54, 1.807) is 19.2 Å². The van der Waals surface area contributed by atoms with Crippen molar-refractivity contribution in [1.29, 1.82) is 5.41 Å². The molecule has 98 valence electrons. The molecule has 0 spiro atoms. The molecular weight excluding hydrogens is 264 g/mol. The Morgan fingerprint density at radius 3 is 2.63 bits per heavy atom. The van der Waals surface area contributed by atoms with E-state index >= 15 is 0 Å². The Bertz CT molecular complexity index is 652. The Balaban J connectivity index is 2.80. The molecule has 0 saturated carbocycles. The second-order valence-electron chi connectivity index (χ2n) is 3.79. The van der Waals surface area contributed by atoms with Gasteiger partial charge in [0.25, 0.3) is 5.56 Å². The number of hydrogen-bond acceptors (Lipinski definition) is 4. The van der Waals surface area contributed by atoms with Crippen LogP contribution >= 0.6 is 11.6 Å². The van der Waals surface area contributed by atoms with Gasteiger partial charge < -0.3 is 10.7 Å². The largest absolute Gasteiger partial charge is 0.372 e. The summed E-state index contributed by atoms with van der Waals surface area (Å²) in [4.78, 5) is 16.7. The zero-order chi connectivity index (χ0) is 13.8. The van der Waals surface area contributed by atoms with E-state index in [0.29, 0.717) is 17.3 Å². The third kappa shape index (κ3) is 2.37. The molecule has 5 nitrogen and oxygen atoms in total. The molecule has 2 aromatic rings. The Hall–Kier alpha value is -2.14. The SMILES string of the molecule is CNc1nc(CCl)n(-c2ccccc2)c(=O)c1C=N. The van der Waals surface area contributed by atoms with Gasteiger partial charge in [0.05, 0.1) is 11.6 Å². The second kappa shape index (κ2) is 5.67. The lowest BCUT2D eigenvalue weighted by atomic mass is 10.2. The predicted octanol–water partition coefficient (Wildman–Crippen LogP) is 2.01. The zero-order valence-electron chi connectivity index (χ0n) is 10.4. The highest BCUT2D eigenvalue weighted by Crippen LogP contribution is 2.13. The van der Waals surface area contributed by atoms with Crippen LogP contribution in [0.5, 0.6) is 0 Å². The van der Waals surface area contributed by atoms with Crippen molar-refractivity contribution in [2.24, 2.45) is 0 Å². The molecule has 1 heterocycles. The predicted molar refractivity (Wildman–Crippen MR) is 76.8 cm³/mol. The van der Waals surface area contributed by atoms with Gasteiger partial charge >= 0.3 is 0 Å². The van der Waals surface area contributed by atoms with Crippen LogP contribution in [0.4, 0.5) is 5.82 Å². The van der Waals surface area contributed by atoms with Crippen LogP contribution < -0.4 is 10.9 Å². The van der Waals surface area contributed by atoms with Crippen LogP contribution in [0.25, 0.3) is 5.69 Å². The van der Waals surface area contributed by atoms with Crippen molar-refractivity contribution in [1.82, 2.24) is 9.55 Å². The van der Waals surface area contributed by atoms with Crippen molar-refractivity contribution in [3.63, 3.8) is 0 Å². The lowest BCUT2D eigenvalue weighted by molar-refractivity contribution is 0.857. The summed E-state index contributed by atoms with van der Waals surface area (Å²) in [6, 6.07) is 9.12. The molecule has 0 bridgehead atoms. The van der Waals surface area contributed by atoms with Gasteiger partial charge in [0.1, 0.15) is 17.2 Å². The summed E-state index contributed by atoms with van der Waals surface area (Å²) >= 11 is 5.87. The Kier molecular flexibility index (Phi) is 3.97. The maximum atomic E-state index is 12.4. The van der Waals surface area contributed by atoms with Gasteiger partial charge in [0.2, 0.25) is 0 Å². The summed E-state index contributed by atoms with van der Waals surface area (Å²) in [7, 11) is 1.65. The van der Waals surface area contributed by atoms with E-state index in [2.05, 4.69) is 10.3 Å². The summed E-state index contributed by atoms with van der Waals surface area (Å²) in [5.41, 5.74) is 0.581. The first kappa shape index (κ1) is 13.3. The van der Waals surface area contributed by atoms with Crippen molar-refractivity contribution in [2.75, 3.05) is 12.4 Å². The van der Waals surface area contributed by atoms with E-state index in [1.165, 1.54) is 4.57 Å². The van der Waals surface area contributed by atoms with Gasteiger partial charge in [0.15, 0.2) is 0 Å². The number of halogens is 1. The molecule has 2 rings (SSSR count). The Morgan fingerprint density at radius 2 is 2.11 bits per heavy atom. The van der Waals surface area contributed by atoms with E-state index in [9.17, 15) is 4.79 Å². The smallest absolute Gasteiger partial charge is 0.269 e. The van der Waals surface area contributed by atoms with Crippen LogP contribution in [0.15, 0.2) is 35.1 Å². The molecule has 0 atom stereocenters. The number of hydrogen-bond donors (Lipinski definition) is 2. The normalized spacial score (nSPS) is 10.2. The first-order valence-electron chi connectivity index (χ1n) is 5.68. The lowest BCUT2D eigenvalue weighted by Gasteiger charge is -2.13. The average Bonchev–Trinajstić information content (AvgIpc) is 2.46. The Labute approximate surface area is 115 Å². The number of aromatic nitrogens is 2. The van der Waals surface area contributed by atoms with Gasteiger partial charge in [0, 0.05) is 13.3 Å². The zero-order valence-corrected chi connectivity index (χ0v) is 11.1. The van der Waals surface area contributed by atoms with Crippen LogP contribution in [0.2, 0.25) is 0 Å². The third-order valence-electron chi connectivity index (χ3n) is 2.70. The monoisotopic (exact) mass is 276 g/mol. The van der Waals surface area contributed by atoms with Crippen LogP contribution in [-0.2, 0) is 5.88 Å². The minimum Gasteiger partial charge on any atom is -0.372 e. The molecule has 0 aliphatic rings. The fourth-order valence-electron chi connectivity index (χ4n) is 1.83. The standard InChI is InChI=1S/C13H13ClN4O/c1-16-12-10(8-15)13(19)18(11(7-14)17-12)9-5-3-2-4-6-9/h2-6,8,15-16H,7H2,1H3. The number of nitrogens with one attached hydrogen (secondary N) is 2. The summed E-state index contributed by atoms with van der Waals surface area (Å²) < 4.78 is 1.42. The highest BCUT2D eigenvalue weighted by Gasteiger charge is 2.14. The molecule has 0 amide bonds. The average molecular weight is 277 g/mol. The minimum atomic E-state index is -0.309. The van der Waals surface area contributed by atoms with E-state index in [0.717, 1.165) is 6.21 Å². The van der Waals surface area contributed by atoms with Crippen molar-refractivity contribution in [3.05, 3.63) is 52.1 Å². The Morgan fingerprint density at radius 1 is 1.42 bits per heavy atom. The number of nitrogens with zero attached hydrogens (tertiary/aromatic N) is 2. The van der Waals surface area contributed by atoms with Gasteiger partial charge in [-0.05, 0) is 12.1 Å². The van der Waals surface area contributed by atoms with Crippen LogP contribution in [-0.4, -0.2) is 22.8 Å². The van der Waals surface area contributed by atoms with Crippen LogP contribution in [0.3, 0.4) is 0 Å². The van der Waals surface area contributed by atoms with E-state index in [1.807, 2.05) is 18.2 Å². The molecule has 0 radical (unpaired) electrons. The molecule has 1 aromatic heterocycles. The van der Waals surface area contributed by atoms with Crippen molar-refractivity contribution >= 4 is 23.6 Å². The number of benzene rings is 1. The summed E-state index contributed by atoms with van der Waals surface area (Å²) in [5.74, 6) is 0.910. The number of rotatable bonds is 4. The third-order valence-corrected chi connectivity index (χ3v) is 2.94. The lowest BCUT2D eigenvalue weighted by Crippen LogP contribution is -2.28. The van der Waals surface area contributed by atoms with E-state index in [-0.39, 0.29) is 17.0 Å². The van der Waals surface area contributed by atoms with Crippen molar-refractivity contribution < 1.29 is 0 Å². The molecule has 0 aliphatic heterocycles. The number of anilines is 1. The first-order valence-corrected chi connectivity index (χ1v) is 6.22. The molecular formula is C13H13ClN4O. The summed E-state index contributed by atoms with van der Waals surface area (Å²) in [6.07, 6.45) is 0.999. The highest BCUT2D eigenvalue weighted by atomic mass is 35.5. The topological polar surface area (TPSA) is 70.8 Å². The van der Waals surface area contributed by atoms with Gasteiger partial charge in [-0.15, -0.1) is 11.6 Å². The number of para-hydroxylation sites is 1. The van der Waals surface area contributed by atoms with Crippen molar-refractivity contribution in [3.8, 4) is 5.69 Å². The molecule has 2 N–H and O–H groups in total.